The molecule has 0 aliphatic carbocycles. The molecular formula is C10H14BrNOS. The second kappa shape index (κ2) is 6.32. The SMILES string of the molecule is CNCCCC(=O)Cc1ccc(Br)s1. The third kappa shape index (κ3) is 4.35. The molecule has 0 saturated carbocycles. The van der Waals surface area contributed by atoms with Crippen LogP contribution in [0.25, 0.3) is 0 Å². The summed E-state index contributed by atoms with van der Waals surface area (Å²) >= 11 is 5.02. The Bertz CT molecular complexity index is 298. The highest BCUT2D eigenvalue weighted by molar-refractivity contribution is 9.11. The summed E-state index contributed by atoms with van der Waals surface area (Å²) in [5.74, 6) is 0.328. The van der Waals surface area contributed by atoms with E-state index in [-0.39, 0.29) is 0 Å². The zero-order valence-electron chi connectivity index (χ0n) is 8.18. The first kappa shape index (κ1) is 11.9. The Morgan fingerprint density at radius 2 is 2.36 bits per heavy atom. The number of Topliss-reactive ketones (excluding diaryl/α,β-unsaturated/α-hetero) is 1. The first-order valence-corrected chi connectivity index (χ1v) is 6.24. The van der Waals surface area contributed by atoms with Gasteiger partial charge in [0.1, 0.15) is 5.78 Å². The highest BCUT2D eigenvalue weighted by atomic mass is 79.9. The summed E-state index contributed by atoms with van der Waals surface area (Å²) in [6, 6.07) is 3.99. The van der Waals surface area contributed by atoms with Crippen LogP contribution in [-0.4, -0.2) is 19.4 Å². The Morgan fingerprint density at radius 1 is 1.57 bits per heavy atom. The summed E-state index contributed by atoms with van der Waals surface area (Å²) in [6.45, 7) is 0.917. The van der Waals surface area contributed by atoms with E-state index in [1.54, 1.807) is 11.3 Å². The minimum atomic E-state index is 0.328. The monoisotopic (exact) mass is 275 g/mol. The standard InChI is InChI=1S/C10H14BrNOS/c1-12-6-2-3-8(13)7-9-4-5-10(11)14-9/h4-5,12H,2-3,6-7H2,1H3. The van der Waals surface area contributed by atoms with Gasteiger partial charge in [0, 0.05) is 17.7 Å². The molecule has 4 heteroatoms. The van der Waals surface area contributed by atoms with E-state index in [0.29, 0.717) is 18.6 Å². The Kier molecular flexibility index (Phi) is 5.37. The molecule has 0 atom stereocenters. The van der Waals surface area contributed by atoms with Crippen molar-refractivity contribution in [1.82, 2.24) is 5.32 Å². The molecule has 0 aliphatic rings. The molecule has 0 aromatic carbocycles. The Hall–Kier alpha value is -0.190. The maximum absolute atomic E-state index is 11.5. The van der Waals surface area contributed by atoms with Gasteiger partial charge in [-0.05, 0) is 48.1 Å². The minimum absolute atomic E-state index is 0.328. The van der Waals surface area contributed by atoms with Crippen molar-refractivity contribution in [2.45, 2.75) is 19.3 Å². The summed E-state index contributed by atoms with van der Waals surface area (Å²) in [5.41, 5.74) is 0. The fraction of sp³-hybridized carbons (Fsp3) is 0.500. The molecular weight excluding hydrogens is 262 g/mol. The van der Waals surface area contributed by atoms with E-state index < -0.39 is 0 Å². The number of rotatable bonds is 6. The molecule has 0 bridgehead atoms. The Balaban J connectivity index is 2.27. The topological polar surface area (TPSA) is 29.1 Å². The highest BCUT2D eigenvalue weighted by Crippen LogP contribution is 2.22. The first-order chi connectivity index (χ1) is 6.72. The molecule has 0 amide bonds. The van der Waals surface area contributed by atoms with Crippen molar-refractivity contribution in [3.8, 4) is 0 Å². The smallest absolute Gasteiger partial charge is 0.138 e. The van der Waals surface area contributed by atoms with Crippen LogP contribution in [0.1, 0.15) is 17.7 Å². The van der Waals surface area contributed by atoms with Crippen LogP contribution in [0.15, 0.2) is 15.9 Å². The van der Waals surface area contributed by atoms with Gasteiger partial charge in [-0.1, -0.05) is 0 Å². The lowest BCUT2D eigenvalue weighted by atomic mass is 10.1. The van der Waals surface area contributed by atoms with Crippen LogP contribution in [0.5, 0.6) is 0 Å². The third-order valence-corrected chi connectivity index (χ3v) is 3.51. The fourth-order valence-corrected chi connectivity index (χ4v) is 2.70. The van der Waals surface area contributed by atoms with E-state index in [1.165, 1.54) is 0 Å². The van der Waals surface area contributed by atoms with E-state index in [1.807, 2.05) is 19.2 Å². The van der Waals surface area contributed by atoms with Crippen LogP contribution >= 0.6 is 27.3 Å². The number of halogens is 1. The van der Waals surface area contributed by atoms with E-state index in [4.69, 9.17) is 0 Å². The lowest BCUT2D eigenvalue weighted by molar-refractivity contribution is -0.118. The molecule has 1 aromatic rings. The second-order valence-electron chi connectivity index (χ2n) is 3.13. The number of hydrogen-bond acceptors (Lipinski definition) is 3. The molecule has 0 aliphatic heterocycles. The number of thiophene rings is 1. The van der Waals surface area contributed by atoms with Gasteiger partial charge in [0.2, 0.25) is 0 Å². The van der Waals surface area contributed by atoms with E-state index >= 15 is 0 Å². The molecule has 1 aromatic heterocycles. The van der Waals surface area contributed by atoms with Crippen molar-refractivity contribution in [3.05, 3.63) is 20.8 Å². The lowest BCUT2D eigenvalue weighted by Gasteiger charge is -1.98. The average Bonchev–Trinajstić information content (AvgIpc) is 2.52. The summed E-state index contributed by atoms with van der Waals surface area (Å²) in [6.07, 6.45) is 2.19. The number of ketones is 1. The Morgan fingerprint density at radius 3 is 2.93 bits per heavy atom. The van der Waals surface area contributed by atoms with Gasteiger partial charge in [-0.25, -0.2) is 0 Å². The molecule has 14 heavy (non-hydrogen) atoms. The molecule has 1 rings (SSSR count). The van der Waals surface area contributed by atoms with Crippen LogP contribution in [0, 0.1) is 0 Å². The van der Waals surface area contributed by atoms with Crippen molar-refractivity contribution in [2.75, 3.05) is 13.6 Å². The Labute approximate surface area is 96.8 Å². The number of nitrogens with one attached hydrogen (secondary N) is 1. The zero-order valence-corrected chi connectivity index (χ0v) is 10.6. The molecule has 0 spiro atoms. The van der Waals surface area contributed by atoms with Gasteiger partial charge >= 0.3 is 0 Å². The lowest BCUT2D eigenvalue weighted by Crippen LogP contribution is -2.10. The average molecular weight is 276 g/mol. The molecule has 0 unspecified atom stereocenters. The predicted molar refractivity (Wildman–Crippen MR) is 63.9 cm³/mol. The number of carbonyl (C=O) groups is 1. The molecule has 0 saturated heterocycles. The highest BCUT2D eigenvalue weighted by Gasteiger charge is 2.05. The van der Waals surface area contributed by atoms with Crippen LogP contribution in [-0.2, 0) is 11.2 Å². The van der Waals surface area contributed by atoms with Gasteiger partial charge in [0.25, 0.3) is 0 Å². The largest absolute Gasteiger partial charge is 0.320 e. The second-order valence-corrected chi connectivity index (χ2v) is 5.68. The van der Waals surface area contributed by atoms with Gasteiger partial charge in [-0.2, -0.15) is 0 Å². The van der Waals surface area contributed by atoms with E-state index in [0.717, 1.165) is 21.6 Å². The van der Waals surface area contributed by atoms with Crippen LogP contribution in [0.3, 0.4) is 0 Å². The minimum Gasteiger partial charge on any atom is -0.320 e. The van der Waals surface area contributed by atoms with Gasteiger partial charge in [-0.3, -0.25) is 4.79 Å². The summed E-state index contributed by atoms with van der Waals surface area (Å²) in [7, 11) is 1.90. The normalized spacial score (nSPS) is 10.4. The summed E-state index contributed by atoms with van der Waals surface area (Å²) in [4.78, 5) is 12.6. The summed E-state index contributed by atoms with van der Waals surface area (Å²) in [5, 5.41) is 3.03. The van der Waals surface area contributed by atoms with Crippen LogP contribution in [0.2, 0.25) is 0 Å². The van der Waals surface area contributed by atoms with Gasteiger partial charge < -0.3 is 5.32 Å². The molecule has 0 fully saturated rings. The number of carbonyl (C=O) groups excluding carboxylic acids is 1. The molecule has 78 valence electrons. The molecule has 2 nitrogen and oxygen atoms in total. The van der Waals surface area contributed by atoms with Crippen LogP contribution in [0.4, 0.5) is 0 Å². The van der Waals surface area contributed by atoms with Crippen molar-refractivity contribution in [1.29, 1.82) is 0 Å². The van der Waals surface area contributed by atoms with Crippen LogP contribution < -0.4 is 5.32 Å². The van der Waals surface area contributed by atoms with E-state index in [9.17, 15) is 4.79 Å². The van der Waals surface area contributed by atoms with E-state index in [2.05, 4.69) is 21.2 Å². The molecule has 0 radical (unpaired) electrons. The van der Waals surface area contributed by atoms with Gasteiger partial charge in [-0.15, -0.1) is 11.3 Å². The maximum atomic E-state index is 11.5. The van der Waals surface area contributed by atoms with Gasteiger partial charge in [0.15, 0.2) is 0 Å². The number of hydrogen-bond donors (Lipinski definition) is 1. The quantitative estimate of drug-likeness (QED) is 0.809. The predicted octanol–water partition coefficient (Wildman–Crippen LogP) is 2.62. The molecule has 1 heterocycles. The maximum Gasteiger partial charge on any atom is 0.138 e. The van der Waals surface area contributed by atoms with Crippen molar-refractivity contribution in [3.63, 3.8) is 0 Å². The molecule has 1 N–H and O–H groups in total. The van der Waals surface area contributed by atoms with Crippen molar-refractivity contribution in [2.24, 2.45) is 0 Å². The van der Waals surface area contributed by atoms with Crippen molar-refractivity contribution < 1.29 is 4.79 Å². The van der Waals surface area contributed by atoms with Gasteiger partial charge in [0.05, 0.1) is 3.79 Å². The fourth-order valence-electron chi connectivity index (χ4n) is 1.19. The van der Waals surface area contributed by atoms with Crippen molar-refractivity contribution >= 4 is 33.0 Å². The zero-order chi connectivity index (χ0) is 10.4. The first-order valence-electron chi connectivity index (χ1n) is 4.63. The third-order valence-electron chi connectivity index (χ3n) is 1.88. The summed E-state index contributed by atoms with van der Waals surface area (Å²) < 4.78 is 1.09.